The molecule has 0 amide bonds. The number of carboxylic acid groups (broad SMARTS) is 1. The molecule has 7 nitrogen and oxygen atoms in total. The molecule has 10 heteroatoms. The van der Waals surface area contributed by atoms with Crippen molar-refractivity contribution in [1.29, 1.82) is 0 Å². The highest BCUT2D eigenvalue weighted by atomic mass is 35.5. The first-order chi connectivity index (χ1) is 12.1. The highest BCUT2D eigenvalue weighted by Crippen LogP contribution is 2.22. The highest BCUT2D eigenvalue weighted by molar-refractivity contribution is 7.92. The molecule has 0 radical (unpaired) electrons. The fraction of sp³-hybridized carbons (Fsp3) is 0. The molecule has 3 N–H and O–H groups in total. The molecule has 0 saturated heterocycles. The van der Waals surface area contributed by atoms with E-state index in [0.717, 1.165) is 24.3 Å². The highest BCUT2D eigenvalue weighted by Gasteiger charge is 2.17. The van der Waals surface area contributed by atoms with Gasteiger partial charge in [-0.05, 0) is 30.3 Å². The number of carbonyl (C=O) groups is 2. The van der Waals surface area contributed by atoms with Crippen molar-refractivity contribution in [3.8, 4) is 0 Å². The molecule has 0 unspecified atom stereocenters. The van der Waals surface area contributed by atoms with E-state index in [4.69, 9.17) is 21.8 Å². The van der Waals surface area contributed by atoms with E-state index >= 15 is 0 Å². The first-order valence-electron chi connectivity index (χ1n) is 6.86. The van der Waals surface area contributed by atoms with Gasteiger partial charge in [0.05, 0.1) is 9.92 Å². The second-order valence-electron chi connectivity index (χ2n) is 4.96. The predicted octanol–water partition coefficient (Wildman–Crippen LogP) is 2.99. The number of hydrogen-bond acceptors (Lipinski definition) is 5. The summed E-state index contributed by atoms with van der Waals surface area (Å²) >= 11 is 5.57. The zero-order chi connectivity index (χ0) is 19.5. The van der Waals surface area contributed by atoms with Crippen molar-refractivity contribution in [3.05, 3.63) is 70.7 Å². The molecule has 0 heterocycles. The maximum absolute atomic E-state index is 13.2. The van der Waals surface area contributed by atoms with E-state index in [-0.39, 0.29) is 21.2 Å². The molecular formula is C16H11ClFNO6S. The number of ketones is 1. The molecule has 0 fully saturated rings. The van der Waals surface area contributed by atoms with Crippen molar-refractivity contribution < 1.29 is 32.6 Å². The Morgan fingerprint density at radius 2 is 1.81 bits per heavy atom. The van der Waals surface area contributed by atoms with Crippen molar-refractivity contribution in [2.24, 2.45) is 0 Å². The summed E-state index contributed by atoms with van der Waals surface area (Å²) in [5.74, 6) is -4.44. The lowest BCUT2D eigenvalue weighted by atomic mass is 10.1. The Morgan fingerprint density at radius 1 is 1.12 bits per heavy atom. The zero-order valence-corrected chi connectivity index (χ0v) is 14.4. The lowest BCUT2D eigenvalue weighted by Gasteiger charge is -2.09. The summed E-state index contributed by atoms with van der Waals surface area (Å²) in [5.41, 5.74) is -0.0605. The van der Waals surface area contributed by atoms with E-state index < -0.39 is 33.4 Å². The van der Waals surface area contributed by atoms with Crippen LogP contribution < -0.4 is 4.72 Å². The van der Waals surface area contributed by atoms with E-state index in [0.29, 0.717) is 6.08 Å². The fourth-order valence-electron chi connectivity index (χ4n) is 1.86. The third-order valence-corrected chi connectivity index (χ3v) is 4.76. The van der Waals surface area contributed by atoms with Crippen LogP contribution >= 0.6 is 11.6 Å². The second kappa shape index (κ2) is 7.54. The van der Waals surface area contributed by atoms with E-state index in [1.165, 1.54) is 18.2 Å². The Hall–Kier alpha value is -2.91. The molecule has 0 aromatic heterocycles. The Bertz CT molecular complexity index is 1020. The van der Waals surface area contributed by atoms with Gasteiger partial charge < -0.3 is 10.2 Å². The third kappa shape index (κ3) is 4.58. The van der Waals surface area contributed by atoms with E-state index in [1.54, 1.807) is 0 Å². The number of carboxylic acids is 1. The predicted molar refractivity (Wildman–Crippen MR) is 91.3 cm³/mol. The van der Waals surface area contributed by atoms with Gasteiger partial charge in [-0.15, -0.1) is 0 Å². The molecule has 136 valence electrons. The Labute approximate surface area is 152 Å². The number of sulfonamides is 1. The minimum Gasteiger partial charge on any atom is -0.502 e. The van der Waals surface area contributed by atoms with Crippen LogP contribution in [-0.4, -0.2) is 30.4 Å². The number of hydrogen-bond donors (Lipinski definition) is 3. The summed E-state index contributed by atoms with van der Waals surface area (Å²) in [7, 11) is -4.10. The number of carbonyl (C=O) groups excluding carboxylic acids is 1. The fourth-order valence-corrected chi connectivity index (χ4v) is 3.18. The van der Waals surface area contributed by atoms with Crippen LogP contribution in [0.5, 0.6) is 0 Å². The van der Waals surface area contributed by atoms with Gasteiger partial charge in [0, 0.05) is 17.3 Å². The maximum atomic E-state index is 13.2. The van der Waals surface area contributed by atoms with E-state index in [2.05, 4.69) is 4.72 Å². The Kier molecular flexibility index (Phi) is 5.63. The van der Waals surface area contributed by atoms with Gasteiger partial charge in [-0.1, -0.05) is 23.7 Å². The quantitative estimate of drug-likeness (QED) is 0.390. The summed E-state index contributed by atoms with van der Waals surface area (Å²) in [5, 5.41) is 17.3. The van der Waals surface area contributed by atoms with Crippen LogP contribution in [0.3, 0.4) is 0 Å². The maximum Gasteiger partial charge on any atom is 0.371 e. The van der Waals surface area contributed by atoms with Gasteiger partial charge in [0.1, 0.15) is 5.82 Å². The zero-order valence-electron chi connectivity index (χ0n) is 12.8. The molecular weight excluding hydrogens is 389 g/mol. The lowest BCUT2D eigenvalue weighted by Crippen LogP contribution is -2.13. The number of nitrogens with one attached hydrogen (secondary N) is 1. The largest absolute Gasteiger partial charge is 0.502 e. The van der Waals surface area contributed by atoms with Crippen LogP contribution in [0.4, 0.5) is 10.1 Å². The summed E-state index contributed by atoms with van der Waals surface area (Å²) < 4.78 is 40.0. The van der Waals surface area contributed by atoms with Crippen LogP contribution in [-0.2, 0) is 14.8 Å². The van der Waals surface area contributed by atoms with Crippen LogP contribution in [0, 0.1) is 5.82 Å². The molecule has 0 bridgehead atoms. The topological polar surface area (TPSA) is 121 Å². The van der Waals surface area contributed by atoms with Crippen LogP contribution in [0.2, 0.25) is 5.02 Å². The normalized spacial score (nSPS) is 11.8. The molecule has 0 aliphatic rings. The van der Waals surface area contributed by atoms with E-state index in [9.17, 15) is 22.4 Å². The first-order valence-corrected chi connectivity index (χ1v) is 8.72. The second-order valence-corrected chi connectivity index (χ2v) is 7.05. The van der Waals surface area contributed by atoms with Gasteiger partial charge in [0.15, 0.2) is 5.78 Å². The van der Waals surface area contributed by atoms with Crippen molar-refractivity contribution >= 4 is 39.1 Å². The Balaban J connectivity index is 2.30. The minimum absolute atomic E-state index is 0.000452. The molecule has 0 spiro atoms. The van der Waals surface area contributed by atoms with Crippen molar-refractivity contribution in [2.75, 3.05) is 4.72 Å². The van der Waals surface area contributed by atoms with Crippen molar-refractivity contribution in [3.63, 3.8) is 0 Å². The summed E-state index contributed by atoms with van der Waals surface area (Å²) in [6.45, 7) is 0. The van der Waals surface area contributed by atoms with Crippen LogP contribution in [0.1, 0.15) is 10.4 Å². The summed E-state index contributed by atoms with van der Waals surface area (Å²) in [6, 6.07) is 8.01. The van der Waals surface area contributed by atoms with Gasteiger partial charge in [0.25, 0.3) is 10.0 Å². The molecule has 0 aliphatic carbocycles. The number of halogens is 2. The van der Waals surface area contributed by atoms with Crippen molar-refractivity contribution in [2.45, 2.75) is 4.90 Å². The smallest absolute Gasteiger partial charge is 0.371 e. The van der Waals surface area contributed by atoms with E-state index in [1.807, 2.05) is 0 Å². The number of benzene rings is 2. The molecule has 26 heavy (non-hydrogen) atoms. The van der Waals surface area contributed by atoms with Gasteiger partial charge in [-0.3, -0.25) is 9.52 Å². The first kappa shape index (κ1) is 19.4. The number of anilines is 1. The molecule has 2 aromatic carbocycles. The molecule has 0 atom stereocenters. The van der Waals surface area contributed by atoms with Gasteiger partial charge >= 0.3 is 5.97 Å². The Morgan fingerprint density at radius 3 is 2.42 bits per heavy atom. The third-order valence-electron chi connectivity index (χ3n) is 3.09. The number of aliphatic carboxylic acids is 1. The SMILES string of the molecule is O=C(O)/C(O)=C/C(=O)c1cccc(NS(=O)(=O)c2ccc(F)c(Cl)c2)c1. The number of allylic oxidation sites excluding steroid dienone is 1. The molecule has 0 saturated carbocycles. The molecule has 2 aromatic rings. The van der Waals surface area contributed by atoms with Crippen LogP contribution in [0.25, 0.3) is 0 Å². The average Bonchev–Trinajstić information content (AvgIpc) is 2.56. The molecule has 2 rings (SSSR count). The lowest BCUT2D eigenvalue weighted by molar-refractivity contribution is -0.135. The van der Waals surface area contributed by atoms with Crippen LogP contribution in [0.15, 0.2) is 59.2 Å². The minimum atomic E-state index is -4.10. The monoisotopic (exact) mass is 399 g/mol. The number of aliphatic hydroxyl groups excluding tert-OH is 1. The summed E-state index contributed by atoms with van der Waals surface area (Å²) in [6.07, 6.45) is 0.496. The van der Waals surface area contributed by atoms with Gasteiger partial charge in [-0.2, -0.15) is 0 Å². The van der Waals surface area contributed by atoms with Gasteiger partial charge in [-0.25, -0.2) is 17.6 Å². The van der Waals surface area contributed by atoms with Crippen molar-refractivity contribution in [1.82, 2.24) is 0 Å². The number of aliphatic hydroxyl groups is 1. The average molecular weight is 400 g/mol. The molecule has 0 aliphatic heterocycles. The van der Waals surface area contributed by atoms with Gasteiger partial charge in [0.2, 0.25) is 5.76 Å². The summed E-state index contributed by atoms with van der Waals surface area (Å²) in [4.78, 5) is 22.1. The number of rotatable bonds is 6. The standard InChI is InChI=1S/C16H11ClFNO6S/c17-12-7-11(4-5-13(12)18)26(24,25)19-10-3-1-2-9(6-10)14(20)8-15(21)16(22)23/h1-8,19,21H,(H,22,23)/b15-8-.